The molecule has 0 aliphatic carbocycles. The van der Waals surface area contributed by atoms with Crippen molar-refractivity contribution in [2.45, 2.75) is 71.9 Å². The first-order valence-corrected chi connectivity index (χ1v) is 13.8. The van der Waals surface area contributed by atoms with Crippen molar-refractivity contribution < 1.29 is 23.4 Å². The predicted octanol–water partition coefficient (Wildman–Crippen LogP) is 7.51. The summed E-state index contributed by atoms with van der Waals surface area (Å²) < 4.78 is 35.5. The van der Waals surface area contributed by atoms with E-state index < -0.39 is 35.5 Å². The van der Waals surface area contributed by atoms with Crippen molar-refractivity contribution in [3.8, 4) is 0 Å². The fourth-order valence-electron chi connectivity index (χ4n) is 5.02. The molecule has 0 unspecified atom stereocenters. The predicted molar refractivity (Wildman–Crippen MR) is 156 cm³/mol. The van der Waals surface area contributed by atoms with Gasteiger partial charge in [0.05, 0.1) is 5.69 Å². The van der Waals surface area contributed by atoms with Crippen LogP contribution in [0.4, 0.5) is 13.6 Å². The molecule has 0 bridgehead atoms. The largest absolute Gasteiger partial charge is 0.443 e. The van der Waals surface area contributed by atoms with Crippen molar-refractivity contribution >= 4 is 6.09 Å². The van der Waals surface area contributed by atoms with Crippen LogP contribution in [0, 0.1) is 25.5 Å². The summed E-state index contributed by atoms with van der Waals surface area (Å²) in [7, 11) is 0. The molecule has 0 fully saturated rings. The van der Waals surface area contributed by atoms with Gasteiger partial charge >= 0.3 is 6.09 Å². The number of hydrogen-bond donors (Lipinski definition) is 1. The summed E-state index contributed by atoms with van der Waals surface area (Å²) >= 11 is 0. The fraction of sp³-hybridized carbons (Fsp3) is 0.324. The van der Waals surface area contributed by atoms with Crippen LogP contribution in [0.25, 0.3) is 0 Å². The molecule has 2 atom stereocenters. The van der Waals surface area contributed by atoms with Crippen LogP contribution in [0.3, 0.4) is 0 Å². The fourth-order valence-corrected chi connectivity index (χ4v) is 5.02. The summed E-state index contributed by atoms with van der Waals surface area (Å²) in [4.78, 5) is 15.2. The third-order valence-electron chi connectivity index (χ3n) is 7.14. The van der Waals surface area contributed by atoms with Gasteiger partial charge in [0.15, 0.2) is 0 Å². The van der Waals surface area contributed by atoms with E-state index in [0.29, 0.717) is 24.3 Å². The van der Waals surface area contributed by atoms with Crippen molar-refractivity contribution in [2.75, 3.05) is 0 Å². The molecule has 1 aromatic heterocycles. The van der Waals surface area contributed by atoms with E-state index in [9.17, 15) is 18.7 Å². The van der Waals surface area contributed by atoms with Crippen LogP contribution in [-0.2, 0) is 24.2 Å². The minimum Gasteiger partial charge on any atom is -0.443 e. The average Bonchev–Trinajstić information content (AvgIpc) is 3.38. The van der Waals surface area contributed by atoms with E-state index in [0.717, 1.165) is 28.3 Å². The Labute approximate surface area is 241 Å². The Balaban J connectivity index is 1.81. The first-order valence-electron chi connectivity index (χ1n) is 13.8. The quantitative estimate of drug-likeness (QED) is 0.230. The average molecular weight is 561 g/mol. The zero-order chi connectivity index (χ0) is 29.7. The highest BCUT2D eigenvalue weighted by atomic mass is 19.1. The van der Waals surface area contributed by atoms with E-state index in [4.69, 9.17) is 4.74 Å². The van der Waals surface area contributed by atoms with E-state index in [2.05, 4.69) is 4.90 Å². The van der Waals surface area contributed by atoms with Crippen molar-refractivity contribution in [3.63, 3.8) is 0 Å². The molecular weight excluding hydrogens is 522 g/mol. The molecule has 41 heavy (non-hydrogen) atoms. The second-order valence-electron chi connectivity index (χ2n) is 11.5. The molecule has 4 aromatic rings. The van der Waals surface area contributed by atoms with Crippen molar-refractivity contribution in [3.05, 3.63) is 130 Å². The van der Waals surface area contributed by atoms with Crippen LogP contribution in [0.1, 0.15) is 60.4 Å². The standard InChI is InChI=1S/C34H38F2N2O3/c1-23-11-6-8-13-26(23)21-37(22-27-14-9-7-12-24(27)2)31(19-25-17-28(35)20-29(36)18-25)32(39)30-15-10-16-38(30)33(40)41-34(3,4)5/h6-18,20,31-32,39H,19,21-22H2,1-5H3/t31-,32+/m0/s1. The highest BCUT2D eigenvalue weighted by Gasteiger charge is 2.32. The molecule has 7 heteroatoms. The maximum absolute atomic E-state index is 14.3. The van der Waals surface area contributed by atoms with Crippen LogP contribution in [0.15, 0.2) is 85.1 Å². The third-order valence-corrected chi connectivity index (χ3v) is 7.14. The van der Waals surface area contributed by atoms with Gasteiger partial charge in [0.1, 0.15) is 23.3 Å². The summed E-state index contributed by atoms with van der Waals surface area (Å²) in [5.41, 5.74) is 4.30. The normalized spacial score (nSPS) is 13.3. The number of carbonyl (C=O) groups excluding carboxylic acids is 1. The molecule has 0 saturated carbocycles. The van der Waals surface area contributed by atoms with Gasteiger partial charge in [-0.25, -0.2) is 13.6 Å². The number of benzene rings is 3. The van der Waals surface area contributed by atoms with Crippen LogP contribution in [-0.4, -0.2) is 32.3 Å². The van der Waals surface area contributed by atoms with Crippen LogP contribution in [0.2, 0.25) is 0 Å². The van der Waals surface area contributed by atoms with Crippen molar-refractivity contribution in [1.82, 2.24) is 9.47 Å². The molecule has 0 amide bonds. The van der Waals surface area contributed by atoms with Crippen molar-refractivity contribution in [2.24, 2.45) is 0 Å². The summed E-state index contributed by atoms with van der Waals surface area (Å²) in [6, 6.07) is 22.1. The molecule has 4 rings (SSSR count). The lowest BCUT2D eigenvalue weighted by molar-refractivity contribution is 0.0279. The zero-order valence-corrected chi connectivity index (χ0v) is 24.3. The van der Waals surface area contributed by atoms with Crippen LogP contribution >= 0.6 is 0 Å². The van der Waals surface area contributed by atoms with Gasteiger partial charge in [-0.2, -0.15) is 0 Å². The molecule has 0 spiro atoms. The molecule has 0 aliphatic heterocycles. The lowest BCUT2D eigenvalue weighted by Crippen LogP contribution is -2.42. The van der Waals surface area contributed by atoms with Gasteiger partial charge in [-0.15, -0.1) is 0 Å². The first-order chi connectivity index (χ1) is 19.4. The molecule has 5 nitrogen and oxygen atoms in total. The summed E-state index contributed by atoms with van der Waals surface area (Å²) in [5, 5.41) is 12.0. The second kappa shape index (κ2) is 12.8. The number of aromatic nitrogens is 1. The molecule has 1 N–H and O–H groups in total. The number of hydrogen-bond acceptors (Lipinski definition) is 4. The van der Waals surface area contributed by atoms with Gasteiger partial charge in [-0.1, -0.05) is 48.5 Å². The molecular formula is C34H38F2N2O3. The monoisotopic (exact) mass is 560 g/mol. The van der Waals surface area contributed by atoms with Gasteiger partial charge < -0.3 is 9.84 Å². The maximum Gasteiger partial charge on any atom is 0.418 e. The summed E-state index contributed by atoms with van der Waals surface area (Å²) in [6.45, 7) is 10.3. The van der Waals surface area contributed by atoms with E-state index >= 15 is 0 Å². The number of rotatable bonds is 9. The Morgan fingerprint density at radius 2 is 1.41 bits per heavy atom. The second-order valence-corrected chi connectivity index (χ2v) is 11.5. The van der Waals surface area contributed by atoms with Gasteiger partial charge in [0, 0.05) is 31.4 Å². The first kappa shape index (κ1) is 30.2. The highest BCUT2D eigenvalue weighted by Crippen LogP contribution is 2.30. The van der Waals surface area contributed by atoms with Crippen molar-refractivity contribution in [1.29, 1.82) is 0 Å². The SMILES string of the molecule is Cc1ccccc1CN(Cc1ccccc1C)[C@@H](Cc1cc(F)cc(F)c1)[C@H](O)c1cccn1C(=O)OC(C)(C)C. The zero-order valence-electron chi connectivity index (χ0n) is 24.3. The molecule has 0 saturated heterocycles. The van der Waals surface area contributed by atoms with Gasteiger partial charge in [0.2, 0.25) is 0 Å². The maximum atomic E-state index is 14.3. The number of halogens is 2. The lowest BCUT2D eigenvalue weighted by Gasteiger charge is -2.36. The lowest BCUT2D eigenvalue weighted by atomic mass is 9.95. The molecule has 216 valence electrons. The Morgan fingerprint density at radius 3 is 1.93 bits per heavy atom. The molecule has 0 aliphatic rings. The van der Waals surface area contributed by atoms with Gasteiger partial charge in [-0.05, 0) is 93.1 Å². The number of aliphatic hydroxyl groups excluding tert-OH is 1. The number of aryl methyl sites for hydroxylation is 2. The van der Waals surface area contributed by atoms with Crippen LogP contribution in [0.5, 0.6) is 0 Å². The van der Waals surface area contributed by atoms with E-state index in [1.54, 1.807) is 39.1 Å². The number of carbonyl (C=O) groups is 1. The smallest absolute Gasteiger partial charge is 0.418 e. The van der Waals surface area contributed by atoms with E-state index in [-0.39, 0.29) is 6.42 Å². The molecule has 0 radical (unpaired) electrons. The Hall–Kier alpha value is -3.81. The Morgan fingerprint density at radius 1 is 0.878 bits per heavy atom. The van der Waals surface area contributed by atoms with Gasteiger partial charge in [0.25, 0.3) is 0 Å². The Bertz CT molecular complexity index is 1420. The topological polar surface area (TPSA) is 54.7 Å². The van der Waals surface area contributed by atoms with Crippen LogP contribution < -0.4 is 0 Å². The number of nitrogens with zero attached hydrogens (tertiary/aromatic N) is 2. The molecule has 1 heterocycles. The Kier molecular flexibility index (Phi) is 9.41. The molecule has 3 aromatic carbocycles. The number of ether oxygens (including phenoxy) is 1. The summed E-state index contributed by atoms with van der Waals surface area (Å²) in [6.07, 6.45) is -0.126. The number of aliphatic hydroxyl groups is 1. The van der Waals surface area contributed by atoms with Gasteiger partial charge in [-0.3, -0.25) is 9.47 Å². The summed E-state index contributed by atoms with van der Waals surface area (Å²) in [5.74, 6) is -1.37. The van der Waals surface area contributed by atoms with E-state index in [1.807, 2.05) is 62.4 Å². The highest BCUT2D eigenvalue weighted by molar-refractivity contribution is 5.72. The minimum absolute atomic E-state index is 0.132. The third kappa shape index (κ3) is 7.90. The van der Waals surface area contributed by atoms with E-state index in [1.165, 1.54) is 16.7 Å². The minimum atomic E-state index is -1.20.